The fourth-order valence-corrected chi connectivity index (χ4v) is 4.65. The Bertz CT molecular complexity index is 866. The SMILES string of the molecule is CC1CCCN(c2ncnc3scc(-c4ccc(C(C)C)cc4)c23)C1. The summed E-state index contributed by atoms with van der Waals surface area (Å²) in [5, 5.41) is 3.46. The molecule has 3 heterocycles. The van der Waals surface area contributed by atoms with Gasteiger partial charge < -0.3 is 4.90 Å². The molecular weight excluding hydrogens is 326 g/mol. The molecule has 1 atom stereocenters. The highest BCUT2D eigenvalue weighted by molar-refractivity contribution is 7.17. The Morgan fingerprint density at radius 3 is 2.68 bits per heavy atom. The zero-order valence-electron chi connectivity index (χ0n) is 15.2. The van der Waals surface area contributed by atoms with Crippen molar-refractivity contribution in [2.45, 2.75) is 39.5 Å². The molecule has 0 saturated carbocycles. The number of hydrogen-bond donors (Lipinski definition) is 0. The molecule has 1 aliphatic heterocycles. The summed E-state index contributed by atoms with van der Waals surface area (Å²) in [6.07, 6.45) is 4.28. The molecule has 0 N–H and O–H groups in total. The van der Waals surface area contributed by atoms with Gasteiger partial charge in [0.1, 0.15) is 17.0 Å². The van der Waals surface area contributed by atoms with Gasteiger partial charge in [0.2, 0.25) is 0 Å². The van der Waals surface area contributed by atoms with E-state index >= 15 is 0 Å². The number of piperidine rings is 1. The smallest absolute Gasteiger partial charge is 0.141 e. The van der Waals surface area contributed by atoms with Crippen LogP contribution >= 0.6 is 11.3 Å². The number of fused-ring (bicyclic) bond motifs is 1. The molecule has 130 valence electrons. The number of benzene rings is 1. The molecule has 1 unspecified atom stereocenters. The summed E-state index contributed by atoms with van der Waals surface area (Å²) in [7, 11) is 0. The highest BCUT2D eigenvalue weighted by atomic mass is 32.1. The van der Waals surface area contributed by atoms with E-state index in [1.165, 1.54) is 34.9 Å². The van der Waals surface area contributed by atoms with Crippen molar-refractivity contribution in [1.82, 2.24) is 9.97 Å². The van der Waals surface area contributed by atoms with Gasteiger partial charge >= 0.3 is 0 Å². The van der Waals surface area contributed by atoms with Gasteiger partial charge in [-0.2, -0.15) is 0 Å². The van der Waals surface area contributed by atoms with Crippen LogP contribution in [0.1, 0.15) is 45.1 Å². The number of nitrogens with zero attached hydrogens (tertiary/aromatic N) is 3. The molecule has 0 aliphatic carbocycles. The topological polar surface area (TPSA) is 29.0 Å². The molecule has 0 spiro atoms. The van der Waals surface area contributed by atoms with Gasteiger partial charge in [-0.15, -0.1) is 11.3 Å². The van der Waals surface area contributed by atoms with Gasteiger partial charge in [-0.1, -0.05) is 45.0 Å². The average Bonchev–Trinajstić information content (AvgIpc) is 3.06. The summed E-state index contributed by atoms with van der Waals surface area (Å²) >= 11 is 1.72. The van der Waals surface area contributed by atoms with E-state index in [0.717, 1.165) is 29.7 Å². The minimum absolute atomic E-state index is 0.557. The van der Waals surface area contributed by atoms with Crippen LogP contribution in [-0.2, 0) is 0 Å². The van der Waals surface area contributed by atoms with E-state index in [0.29, 0.717) is 5.92 Å². The summed E-state index contributed by atoms with van der Waals surface area (Å²) in [5.74, 6) is 2.40. The first-order chi connectivity index (χ1) is 12.1. The Balaban J connectivity index is 1.79. The van der Waals surface area contributed by atoms with E-state index in [9.17, 15) is 0 Å². The van der Waals surface area contributed by atoms with Gasteiger partial charge in [0.25, 0.3) is 0 Å². The fraction of sp³-hybridized carbons (Fsp3) is 0.429. The Morgan fingerprint density at radius 1 is 1.16 bits per heavy atom. The lowest BCUT2D eigenvalue weighted by molar-refractivity contribution is 0.445. The van der Waals surface area contributed by atoms with E-state index in [2.05, 4.69) is 60.3 Å². The number of hydrogen-bond acceptors (Lipinski definition) is 4. The van der Waals surface area contributed by atoms with Gasteiger partial charge in [0, 0.05) is 24.0 Å². The molecule has 1 fully saturated rings. The van der Waals surface area contributed by atoms with Crippen molar-refractivity contribution in [3.8, 4) is 11.1 Å². The molecule has 4 heteroatoms. The molecular formula is C21H25N3S. The normalized spacial score (nSPS) is 18.2. The molecule has 1 aliphatic rings. The lowest BCUT2D eigenvalue weighted by atomic mass is 9.98. The first-order valence-corrected chi connectivity index (χ1v) is 10.1. The minimum atomic E-state index is 0.557. The highest BCUT2D eigenvalue weighted by Crippen LogP contribution is 2.39. The number of thiophene rings is 1. The first kappa shape index (κ1) is 16.5. The lowest BCUT2D eigenvalue weighted by Gasteiger charge is -2.32. The van der Waals surface area contributed by atoms with Crippen LogP contribution in [0.3, 0.4) is 0 Å². The Morgan fingerprint density at radius 2 is 1.96 bits per heavy atom. The van der Waals surface area contributed by atoms with Crippen molar-refractivity contribution in [3.63, 3.8) is 0 Å². The molecule has 0 bridgehead atoms. The number of anilines is 1. The Kier molecular flexibility index (Phi) is 4.46. The molecule has 4 rings (SSSR count). The van der Waals surface area contributed by atoms with Crippen LogP contribution in [0.2, 0.25) is 0 Å². The summed E-state index contributed by atoms with van der Waals surface area (Å²) in [6.45, 7) is 8.99. The van der Waals surface area contributed by atoms with Gasteiger partial charge in [-0.3, -0.25) is 0 Å². The van der Waals surface area contributed by atoms with Crippen LogP contribution in [0.15, 0.2) is 36.0 Å². The van der Waals surface area contributed by atoms with Crippen molar-refractivity contribution in [1.29, 1.82) is 0 Å². The van der Waals surface area contributed by atoms with E-state index < -0.39 is 0 Å². The summed E-state index contributed by atoms with van der Waals surface area (Å²) in [4.78, 5) is 12.8. The molecule has 0 radical (unpaired) electrons. The average molecular weight is 352 g/mol. The maximum Gasteiger partial charge on any atom is 0.141 e. The maximum absolute atomic E-state index is 4.69. The first-order valence-electron chi connectivity index (χ1n) is 9.21. The zero-order chi connectivity index (χ0) is 17.4. The van der Waals surface area contributed by atoms with Gasteiger partial charge in [-0.25, -0.2) is 9.97 Å². The Hall–Kier alpha value is -1.94. The van der Waals surface area contributed by atoms with Crippen molar-refractivity contribution in [2.24, 2.45) is 5.92 Å². The number of aromatic nitrogens is 2. The molecule has 1 saturated heterocycles. The summed E-state index contributed by atoms with van der Waals surface area (Å²) in [6, 6.07) is 8.98. The van der Waals surface area contributed by atoms with Crippen LogP contribution in [0.5, 0.6) is 0 Å². The van der Waals surface area contributed by atoms with Crippen LogP contribution in [-0.4, -0.2) is 23.1 Å². The second-order valence-electron chi connectivity index (χ2n) is 7.50. The molecule has 3 nitrogen and oxygen atoms in total. The molecule has 1 aromatic carbocycles. The fourth-order valence-electron chi connectivity index (χ4n) is 3.74. The molecule has 3 aromatic rings. The largest absolute Gasteiger partial charge is 0.356 e. The van der Waals surface area contributed by atoms with E-state index in [1.807, 2.05) is 0 Å². The van der Waals surface area contributed by atoms with Crippen molar-refractivity contribution >= 4 is 27.4 Å². The second kappa shape index (κ2) is 6.75. The maximum atomic E-state index is 4.69. The Labute approximate surface area is 153 Å². The standard InChI is InChI=1S/C21H25N3S/c1-14(2)16-6-8-17(9-7-16)18-12-25-21-19(18)20(22-13-23-21)24-10-4-5-15(3)11-24/h6-9,12-15H,4-5,10-11H2,1-3H3. The van der Waals surface area contributed by atoms with Gasteiger partial charge in [-0.05, 0) is 35.8 Å². The second-order valence-corrected chi connectivity index (χ2v) is 8.36. The molecule has 2 aromatic heterocycles. The van der Waals surface area contributed by atoms with Crippen LogP contribution in [0.25, 0.3) is 21.3 Å². The van der Waals surface area contributed by atoms with E-state index in [4.69, 9.17) is 4.98 Å². The van der Waals surface area contributed by atoms with Crippen molar-refractivity contribution < 1.29 is 0 Å². The van der Waals surface area contributed by atoms with Gasteiger partial charge in [0.05, 0.1) is 5.39 Å². The van der Waals surface area contributed by atoms with Gasteiger partial charge in [0.15, 0.2) is 0 Å². The molecule has 25 heavy (non-hydrogen) atoms. The van der Waals surface area contributed by atoms with Crippen LogP contribution < -0.4 is 4.90 Å². The summed E-state index contributed by atoms with van der Waals surface area (Å²) < 4.78 is 0. The zero-order valence-corrected chi connectivity index (χ0v) is 16.0. The molecule has 0 amide bonds. The third-order valence-corrected chi connectivity index (χ3v) is 6.08. The van der Waals surface area contributed by atoms with Crippen LogP contribution in [0.4, 0.5) is 5.82 Å². The quantitative estimate of drug-likeness (QED) is 0.604. The van der Waals surface area contributed by atoms with Crippen molar-refractivity contribution in [3.05, 3.63) is 41.5 Å². The highest BCUT2D eigenvalue weighted by Gasteiger charge is 2.22. The lowest BCUT2D eigenvalue weighted by Crippen LogP contribution is -2.34. The van der Waals surface area contributed by atoms with E-state index in [1.54, 1.807) is 17.7 Å². The van der Waals surface area contributed by atoms with Crippen LogP contribution in [0, 0.1) is 5.92 Å². The summed E-state index contributed by atoms with van der Waals surface area (Å²) in [5.41, 5.74) is 3.91. The predicted octanol–water partition coefficient (Wildman–Crippen LogP) is 5.72. The van der Waals surface area contributed by atoms with Crippen molar-refractivity contribution in [2.75, 3.05) is 18.0 Å². The third-order valence-electron chi connectivity index (χ3n) is 5.20. The van der Waals surface area contributed by atoms with E-state index in [-0.39, 0.29) is 0 Å². The number of rotatable bonds is 3. The predicted molar refractivity (Wildman–Crippen MR) is 108 cm³/mol. The monoisotopic (exact) mass is 351 g/mol. The third kappa shape index (κ3) is 3.15. The minimum Gasteiger partial charge on any atom is -0.356 e.